The summed E-state index contributed by atoms with van der Waals surface area (Å²) in [6.07, 6.45) is 1.64. The standard InChI is InChI=1S/C13H16N2O3/c1-8(13(16)17)9(2)15-10(3)11-5-6-12(18-4)14-7-11/h5-7H,1-4H3,(H,16,17)/b9-8+,15-10+. The maximum absolute atomic E-state index is 10.8. The topological polar surface area (TPSA) is 71.8 Å². The number of pyridine rings is 1. The minimum Gasteiger partial charge on any atom is -0.481 e. The molecule has 0 bridgehead atoms. The fourth-order valence-electron chi connectivity index (χ4n) is 1.27. The Morgan fingerprint density at radius 1 is 1.33 bits per heavy atom. The first-order valence-electron chi connectivity index (χ1n) is 5.42. The molecule has 1 rings (SSSR count). The van der Waals surface area contributed by atoms with Crippen molar-refractivity contribution in [1.82, 2.24) is 4.98 Å². The molecule has 0 saturated heterocycles. The maximum Gasteiger partial charge on any atom is 0.333 e. The van der Waals surface area contributed by atoms with Gasteiger partial charge in [0, 0.05) is 29.2 Å². The molecule has 0 aliphatic rings. The van der Waals surface area contributed by atoms with E-state index in [1.807, 2.05) is 13.0 Å². The van der Waals surface area contributed by atoms with E-state index < -0.39 is 5.97 Å². The summed E-state index contributed by atoms with van der Waals surface area (Å²) in [5, 5.41) is 8.85. The molecule has 5 nitrogen and oxygen atoms in total. The van der Waals surface area contributed by atoms with Crippen LogP contribution in [0.1, 0.15) is 26.3 Å². The number of aromatic nitrogens is 1. The lowest BCUT2D eigenvalue weighted by atomic mass is 10.2. The van der Waals surface area contributed by atoms with Crippen molar-refractivity contribution in [3.8, 4) is 5.88 Å². The van der Waals surface area contributed by atoms with Crippen LogP contribution < -0.4 is 4.74 Å². The molecule has 1 N–H and O–H groups in total. The van der Waals surface area contributed by atoms with Crippen molar-refractivity contribution < 1.29 is 14.6 Å². The van der Waals surface area contributed by atoms with E-state index in [1.165, 1.54) is 6.92 Å². The Morgan fingerprint density at radius 3 is 2.44 bits per heavy atom. The maximum atomic E-state index is 10.8. The zero-order valence-corrected chi connectivity index (χ0v) is 10.9. The molecule has 0 saturated carbocycles. The van der Waals surface area contributed by atoms with Crippen LogP contribution in [0.3, 0.4) is 0 Å². The second kappa shape index (κ2) is 5.95. The van der Waals surface area contributed by atoms with Crippen LogP contribution in [0.2, 0.25) is 0 Å². The molecule has 1 heterocycles. The Labute approximate surface area is 106 Å². The number of allylic oxidation sites excluding steroid dienone is 1. The van der Waals surface area contributed by atoms with Gasteiger partial charge in [-0.1, -0.05) is 0 Å². The van der Waals surface area contributed by atoms with Gasteiger partial charge >= 0.3 is 5.97 Å². The highest BCUT2D eigenvalue weighted by Gasteiger charge is 2.05. The fraction of sp³-hybridized carbons (Fsp3) is 0.308. The van der Waals surface area contributed by atoms with Gasteiger partial charge in [-0.15, -0.1) is 0 Å². The zero-order valence-electron chi connectivity index (χ0n) is 10.9. The summed E-state index contributed by atoms with van der Waals surface area (Å²) in [5.41, 5.74) is 2.25. The number of hydrogen-bond acceptors (Lipinski definition) is 4. The summed E-state index contributed by atoms with van der Waals surface area (Å²) >= 11 is 0. The van der Waals surface area contributed by atoms with E-state index in [2.05, 4.69) is 9.98 Å². The molecule has 0 amide bonds. The highest BCUT2D eigenvalue weighted by atomic mass is 16.5. The van der Waals surface area contributed by atoms with Crippen molar-refractivity contribution >= 4 is 11.7 Å². The molecular weight excluding hydrogens is 232 g/mol. The predicted molar refractivity (Wildman–Crippen MR) is 69.0 cm³/mol. The Bertz CT molecular complexity index is 501. The summed E-state index contributed by atoms with van der Waals surface area (Å²) in [6.45, 7) is 5.01. The molecule has 0 fully saturated rings. The van der Waals surface area contributed by atoms with Gasteiger partial charge in [0.05, 0.1) is 12.7 Å². The van der Waals surface area contributed by atoms with Crippen LogP contribution >= 0.6 is 0 Å². The van der Waals surface area contributed by atoms with Gasteiger partial charge in [0.2, 0.25) is 5.88 Å². The summed E-state index contributed by atoms with van der Waals surface area (Å²) in [6, 6.07) is 3.56. The molecule has 1 aromatic rings. The van der Waals surface area contributed by atoms with Gasteiger partial charge in [-0.05, 0) is 26.8 Å². The van der Waals surface area contributed by atoms with E-state index in [0.717, 1.165) is 5.56 Å². The SMILES string of the molecule is COc1ccc(/C(C)=N/C(C)=C(\C)C(=O)O)cn1. The van der Waals surface area contributed by atoms with Gasteiger partial charge < -0.3 is 9.84 Å². The number of nitrogens with zero attached hydrogens (tertiary/aromatic N) is 2. The lowest BCUT2D eigenvalue weighted by Crippen LogP contribution is -2.01. The number of carboxylic acid groups (broad SMARTS) is 1. The third-order valence-corrected chi connectivity index (χ3v) is 2.56. The first kappa shape index (κ1) is 13.9. The highest BCUT2D eigenvalue weighted by Crippen LogP contribution is 2.11. The number of rotatable bonds is 4. The Morgan fingerprint density at radius 2 is 2.00 bits per heavy atom. The van der Waals surface area contributed by atoms with E-state index >= 15 is 0 Å². The second-order valence-corrected chi connectivity index (χ2v) is 3.80. The third kappa shape index (κ3) is 3.41. The number of hydrogen-bond donors (Lipinski definition) is 1. The summed E-state index contributed by atoms with van der Waals surface area (Å²) < 4.78 is 4.96. The van der Waals surface area contributed by atoms with E-state index in [9.17, 15) is 4.79 Å². The lowest BCUT2D eigenvalue weighted by Gasteiger charge is -2.04. The molecule has 5 heteroatoms. The lowest BCUT2D eigenvalue weighted by molar-refractivity contribution is -0.132. The second-order valence-electron chi connectivity index (χ2n) is 3.80. The normalized spacial score (nSPS) is 13.0. The Kier molecular flexibility index (Phi) is 4.59. The third-order valence-electron chi connectivity index (χ3n) is 2.56. The van der Waals surface area contributed by atoms with E-state index in [4.69, 9.17) is 9.84 Å². The molecule has 0 aliphatic carbocycles. The molecule has 0 atom stereocenters. The molecular formula is C13H16N2O3. The average molecular weight is 248 g/mol. The van der Waals surface area contributed by atoms with Crippen LogP contribution in [0.5, 0.6) is 5.88 Å². The number of carboxylic acids is 1. The fourth-order valence-corrected chi connectivity index (χ4v) is 1.27. The number of aliphatic carboxylic acids is 1. The Hall–Kier alpha value is -2.17. The number of aliphatic imine (C=N–C) groups is 1. The Balaban J connectivity index is 3.02. The van der Waals surface area contributed by atoms with Crippen molar-refractivity contribution in [2.24, 2.45) is 4.99 Å². The van der Waals surface area contributed by atoms with E-state index in [-0.39, 0.29) is 5.57 Å². The predicted octanol–water partition coefficient (Wildman–Crippen LogP) is 2.28. The van der Waals surface area contributed by atoms with Gasteiger partial charge in [0.15, 0.2) is 0 Å². The van der Waals surface area contributed by atoms with E-state index in [1.54, 1.807) is 26.3 Å². The molecule has 18 heavy (non-hydrogen) atoms. The van der Waals surface area contributed by atoms with Crippen molar-refractivity contribution in [2.75, 3.05) is 7.11 Å². The highest BCUT2D eigenvalue weighted by molar-refractivity contribution is 5.99. The molecule has 0 aromatic carbocycles. The number of methoxy groups -OCH3 is 1. The number of carbonyl (C=O) groups is 1. The molecule has 0 spiro atoms. The van der Waals surface area contributed by atoms with Crippen LogP contribution in [0.4, 0.5) is 0 Å². The minimum atomic E-state index is -0.961. The van der Waals surface area contributed by atoms with Crippen molar-refractivity contribution in [3.63, 3.8) is 0 Å². The molecule has 0 unspecified atom stereocenters. The van der Waals surface area contributed by atoms with Gasteiger partial charge in [-0.3, -0.25) is 4.99 Å². The minimum absolute atomic E-state index is 0.232. The summed E-state index contributed by atoms with van der Waals surface area (Å²) in [5.74, 6) is -0.433. The number of ether oxygens (including phenoxy) is 1. The van der Waals surface area contributed by atoms with Crippen LogP contribution in [-0.4, -0.2) is 28.9 Å². The summed E-state index contributed by atoms with van der Waals surface area (Å²) in [4.78, 5) is 19.1. The van der Waals surface area contributed by atoms with Crippen molar-refractivity contribution in [3.05, 3.63) is 35.2 Å². The first-order valence-corrected chi connectivity index (χ1v) is 5.42. The van der Waals surface area contributed by atoms with Gasteiger partial charge in [0.1, 0.15) is 0 Å². The van der Waals surface area contributed by atoms with Crippen LogP contribution in [0.25, 0.3) is 0 Å². The van der Waals surface area contributed by atoms with Gasteiger partial charge in [0.25, 0.3) is 0 Å². The molecule has 1 aromatic heterocycles. The quantitative estimate of drug-likeness (QED) is 0.655. The van der Waals surface area contributed by atoms with Crippen LogP contribution in [-0.2, 0) is 4.79 Å². The van der Waals surface area contributed by atoms with Crippen molar-refractivity contribution in [2.45, 2.75) is 20.8 Å². The molecule has 0 radical (unpaired) electrons. The zero-order chi connectivity index (χ0) is 13.7. The van der Waals surface area contributed by atoms with Crippen molar-refractivity contribution in [1.29, 1.82) is 0 Å². The molecule has 0 aliphatic heterocycles. The molecule has 96 valence electrons. The van der Waals surface area contributed by atoms with Crippen LogP contribution in [0, 0.1) is 0 Å². The van der Waals surface area contributed by atoms with Gasteiger partial charge in [-0.25, -0.2) is 9.78 Å². The monoisotopic (exact) mass is 248 g/mol. The van der Waals surface area contributed by atoms with Crippen LogP contribution in [0.15, 0.2) is 34.6 Å². The average Bonchev–Trinajstić information content (AvgIpc) is 2.37. The van der Waals surface area contributed by atoms with Gasteiger partial charge in [-0.2, -0.15) is 0 Å². The van der Waals surface area contributed by atoms with E-state index in [0.29, 0.717) is 17.3 Å². The largest absolute Gasteiger partial charge is 0.481 e. The summed E-state index contributed by atoms with van der Waals surface area (Å²) in [7, 11) is 1.55. The smallest absolute Gasteiger partial charge is 0.333 e. The first-order chi connectivity index (χ1) is 8.45.